The second kappa shape index (κ2) is 11.4. The molecule has 4 rings (SSSR count). The van der Waals surface area contributed by atoms with Gasteiger partial charge < -0.3 is 19.3 Å². The standard InChI is InChI=1S/C26H44N2O6S/c1-4-15-35(31,32)23-8-5-20(6-9-23)21-7-10-24-25(16-21)27(17-18(2)28(24)19(3)29)26(30)34-22-11-13-33-14-12-22/h18,20-25H,4-17H2,1-3H3/t18-,20?,21?,23?,24?,25?/m0/s1. The Morgan fingerprint density at radius 1 is 0.943 bits per heavy atom. The van der Waals surface area contributed by atoms with E-state index in [2.05, 4.69) is 0 Å². The van der Waals surface area contributed by atoms with E-state index in [1.807, 2.05) is 23.6 Å². The molecule has 2 heterocycles. The molecule has 9 heteroatoms. The summed E-state index contributed by atoms with van der Waals surface area (Å²) in [7, 11) is -2.99. The number of nitrogens with zero attached hydrogens (tertiary/aromatic N) is 2. The molecule has 4 fully saturated rings. The van der Waals surface area contributed by atoms with Gasteiger partial charge in [-0.05, 0) is 70.1 Å². The smallest absolute Gasteiger partial charge is 0.410 e. The number of piperazine rings is 1. The van der Waals surface area contributed by atoms with E-state index < -0.39 is 9.84 Å². The van der Waals surface area contributed by atoms with Crippen LogP contribution in [0.25, 0.3) is 0 Å². The van der Waals surface area contributed by atoms with Crippen LogP contribution in [-0.4, -0.2) is 85.2 Å². The zero-order chi connectivity index (χ0) is 25.2. The molecule has 0 spiro atoms. The first-order valence-corrected chi connectivity index (χ1v) is 15.5. The molecule has 3 unspecified atom stereocenters. The Morgan fingerprint density at radius 3 is 2.23 bits per heavy atom. The third-order valence-electron chi connectivity index (χ3n) is 8.93. The molecule has 200 valence electrons. The Balaban J connectivity index is 1.44. The number of carbonyl (C=O) groups excluding carboxylic acids is 2. The molecule has 2 aliphatic heterocycles. The highest BCUT2D eigenvalue weighted by molar-refractivity contribution is 7.92. The summed E-state index contributed by atoms with van der Waals surface area (Å²) in [5.74, 6) is 1.30. The molecule has 2 amide bonds. The normalized spacial score (nSPS) is 34.8. The summed E-state index contributed by atoms with van der Waals surface area (Å²) in [5.41, 5.74) is 0. The van der Waals surface area contributed by atoms with Gasteiger partial charge in [-0.1, -0.05) is 6.92 Å². The molecule has 0 aromatic carbocycles. The lowest BCUT2D eigenvalue weighted by atomic mass is 9.69. The first-order valence-electron chi connectivity index (χ1n) is 13.8. The second-order valence-electron chi connectivity index (χ2n) is 11.2. The minimum absolute atomic E-state index is 0.0241. The zero-order valence-corrected chi connectivity index (χ0v) is 22.5. The molecule has 35 heavy (non-hydrogen) atoms. The summed E-state index contributed by atoms with van der Waals surface area (Å²) >= 11 is 0. The highest BCUT2D eigenvalue weighted by atomic mass is 32.2. The lowest BCUT2D eigenvalue weighted by molar-refractivity contribution is -0.143. The Hall–Kier alpha value is -1.35. The summed E-state index contributed by atoms with van der Waals surface area (Å²) in [6.45, 7) is 7.33. The van der Waals surface area contributed by atoms with E-state index in [1.165, 1.54) is 0 Å². The highest BCUT2D eigenvalue weighted by Gasteiger charge is 2.48. The van der Waals surface area contributed by atoms with Crippen molar-refractivity contribution in [2.24, 2.45) is 11.8 Å². The van der Waals surface area contributed by atoms with E-state index in [4.69, 9.17) is 9.47 Å². The lowest BCUT2D eigenvalue weighted by Crippen LogP contribution is -2.67. The molecule has 4 aliphatic rings. The van der Waals surface area contributed by atoms with Crippen LogP contribution in [-0.2, 0) is 24.1 Å². The van der Waals surface area contributed by atoms with Gasteiger partial charge in [-0.3, -0.25) is 4.79 Å². The maximum Gasteiger partial charge on any atom is 0.410 e. The van der Waals surface area contributed by atoms with Crippen LogP contribution < -0.4 is 0 Å². The summed E-state index contributed by atoms with van der Waals surface area (Å²) in [4.78, 5) is 29.8. The molecule has 2 saturated carbocycles. The van der Waals surface area contributed by atoms with Crippen molar-refractivity contribution in [3.63, 3.8) is 0 Å². The van der Waals surface area contributed by atoms with Crippen molar-refractivity contribution in [3.05, 3.63) is 0 Å². The predicted molar refractivity (Wildman–Crippen MR) is 134 cm³/mol. The fourth-order valence-electron chi connectivity index (χ4n) is 7.21. The number of sulfone groups is 1. The SMILES string of the molecule is CCCS(=O)(=O)C1CCC(C2CCC3C(C2)N(C(=O)OC2CCOCC2)C[C@H](C)N3C(C)=O)CC1. The molecule has 0 aromatic heterocycles. The molecule has 2 saturated heterocycles. The van der Waals surface area contributed by atoms with Crippen molar-refractivity contribution in [1.82, 2.24) is 9.80 Å². The van der Waals surface area contributed by atoms with Gasteiger partial charge in [0.15, 0.2) is 9.84 Å². The number of fused-ring (bicyclic) bond motifs is 1. The fourth-order valence-corrected chi connectivity index (χ4v) is 9.11. The van der Waals surface area contributed by atoms with Gasteiger partial charge in [0.2, 0.25) is 5.91 Å². The van der Waals surface area contributed by atoms with Gasteiger partial charge in [-0.15, -0.1) is 0 Å². The minimum Gasteiger partial charge on any atom is -0.446 e. The molecule has 0 aromatic rings. The van der Waals surface area contributed by atoms with E-state index in [1.54, 1.807) is 6.92 Å². The van der Waals surface area contributed by atoms with Crippen molar-refractivity contribution >= 4 is 21.8 Å². The van der Waals surface area contributed by atoms with Crippen LogP contribution in [0.5, 0.6) is 0 Å². The minimum atomic E-state index is -2.99. The summed E-state index contributed by atoms with van der Waals surface area (Å²) in [6, 6.07) is -0.0505. The lowest BCUT2D eigenvalue weighted by Gasteiger charge is -2.54. The molecule has 0 N–H and O–H groups in total. The van der Waals surface area contributed by atoms with Gasteiger partial charge in [0.05, 0.1) is 36.3 Å². The van der Waals surface area contributed by atoms with Crippen molar-refractivity contribution in [1.29, 1.82) is 0 Å². The van der Waals surface area contributed by atoms with Crippen LogP contribution in [0.3, 0.4) is 0 Å². The van der Waals surface area contributed by atoms with Gasteiger partial charge in [-0.25, -0.2) is 13.2 Å². The highest BCUT2D eigenvalue weighted by Crippen LogP contribution is 2.44. The number of rotatable bonds is 5. The maximum absolute atomic E-state index is 13.3. The summed E-state index contributed by atoms with van der Waals surface area (Å²) in [6.07, 6.45) is 7.95. The average molecular weight is 513 g/mol. The topological polar surface area (TPSA) is 93.2 Å². The largest absolute Gasteiger partial charge is 0.446 e. The zero-order valence-electron chi connectivity index (χ0n) is 21.7. The number of hydrogen-bond acceptors (Lipinski definition) is 6. The molecule has 0 radical (unpaired) electrons. The van der Waals surface area contributed by atoms with Crippen LogP contribution >= 0.6 is 0 Å². The van der Waals surface area contributed by atoms with Crippen molar-refractivity contribution in [2.75, 3.05) is 25.5 Å². The Bertz CT molecular complexity index is 850. The van der Waals surface area contributed by atoms with Crippen LogP contribution in [0.4, 0.5) is 4.79 Å². The van der Waals surface area contributed by atoms with Crippen LogP contribution in [0.15, 0.2) is 0 Å². The molecule has 2 aliphatic carbocycles. The van der Waals surface area contributed by atoms with E-state index in [9.17, 15) is 18.0 Å². The number of carbonyl (C=O) groups is 2. The van der Waals surface area contributed by atoms with Crippen LogP contribution in [0.1, 0.15) is 85.0 Å². The van der Waals surface area contributed by atoms with Crippen LogP contribution in [0, 0.1) is 11.8 Å². The van der Waals surface area contributed by atoms with E-state index in [0.29, 0.717) is 43.8 Å². The number of amides is 2. The summed E-state index contributed by atoms with van der Waals surface area (Å²) in [5, 5.41) is -0.190. The maximum atomic E-state index is 13.3. The predicted octanol–water partition coefficient (Wildman–Crippen LogP) is 3.78. The van der Waals surface area contributed by atoms with Gasteiger partial charge in [0.1, 0.15) is 6.10 Å². The van der Waals surface area contributed by atoms with Gasteiger partial charge in [0, 0.05) is 32.4 Å². The summed E-state index contributed by atoms with van der Waals surface area (Å²) < 4.78 is 36.5. The van der Waals surface area contributed by atoms with Gasteiger partial charge in [-0.2, -0.15) is 0 Å². The van der Waals surface area contributed by atoms with E-state index >= 15 is 0 Å². The number of hydrogen-bond donors (Lipinski definition) is 0. The molecule has 4 atom stereocenters. The fraction of sp³-hybridized carbons (Fsp3) is 0.923. The number of ether oxygens (including phenoxy) is 2. The monoisotopic (exact) mass is 512 g/mol. The molecular formula is C26H44N2O6S. The Kier molecular flexibility index (Phi) is 8.67. The van der Waals surface area contributed by atoms with E-state index in [0.717, 1.165) is 57.8 Å². The first-order chi connectivity index (χ1) is 16.7. The molecule has 0 bridgehead atoms. The third kappa shape index (κ3) is 5.97. The van der Waals surface area contributed by atoms with Gasteiger partial charge >= 0.3 is 6.09 Å². The third-order valence-corrected chi connectivity index (χ3v) is 11.4. The van der Waals surface area contributed by atoms with Crippen molar-refractivity contribution in [3.8, 4) is 0 Å². The molecule has 8 nitrogen and oxygen atoms in total. The average Bonchev–Trinajstić information content (AvgIpc) is 2.83. The van der Waals surface area contributed by atoms with Crippen molar-refractivity contribution < 1.29 is 27.5 Å². The Morgan fingerprint density at radius 2 is 1.60 bits per heavy atom. The Labute approximate surface area is 211 Å². The van der Waals surface area contributed by atoms with Gasteiger partial charge in [0.25, 0.3) is 0 Å². The van der Waals surface area contributed by atoms with E-state index in [-0.39, 0.29) is 41.5 Å². The van der Waals surface area contributed by atoms with Crippen molar-refractivity contribution in [2.45, 2.75) is 114 Å². The van der Waals surface area contributed by atoms with Crippen LogP contribution in [0.2, 0.25) is 0 Å². The quantitative estimate of drug-likeness (QED) is 0.557. The second-order valence-corrected chi connectivity index (χ2v) is 13.6. The first kappa shape index (κ1) is 26.7. The molecular weight excluding hydrogens is 468 g/mol.